The standard InChI is InChI=1S/C21H13ClO6/c1-11(22)20(24)26-13-6-7-14-15(10-19(23)27-18(14)9-13)16-8-12-4-2-3-5-17(12)28-21(16)25/h2-11H,1H3. The average molecular weight is 397 g/mol. The number of hydrogen-bond acceptors (Lipinski definition) is 6. The molecule has 0 N–H and O–H groups in total. The lowest BCUT2D eigenvalue weighted by atomic mass is 10.0. The third-order valence-corrected chi connectivity index (χ3v) is 4.37. The smallest absolute Gasteiger partial charge is 0.344 e. The van der Waals surface area contributed by atoms with Crippen LogP contribution in [0, 0.1) is 0 Å². The molecule has 0 aliphatic carbocycles. The Balaban J connectivity index is 1.90. The van der Waals surface area contributed by atoms with E-state index in [2.05, 4.69) is 0 Å². The minimum absolute atomic E-state index is 0.169. The lowest BCUT2D eigenvalue weighted by Crippen LogP contribution is -2.17. The average Bonchev–Trinajstić information content (AvgIpc) is 2.66. The van der Waals surface area contributed by atoms with Crippen LogP contribution in [0.1, 0.15) is 6.92 Å². The van der Waals surface area contributed by atoms with Gasteiger partial charge in [-0.15, -0.1) is 11.6 Å². The normalized spacial score (nSPS) is 12.2. The van der Waals surface area contributed by atoms with Gasteiger partial charge in [0.1, 0.15) is 22.3 Å². The first kappa shape index (κ1) is 18.0. The molecule has 0 radical (unpaired) electrons. The van der Waals surface area contributed by atoms with Crippen molar-refractivity contribution >= 4 is 39.5 Å². The number of para-hydroxylation sites is 1. The molecule has 1 unspecified atom stereocenters. The van der Waals surface area contributed by atoms with Gasteiger partial charge in [-0.25, -0.2) is 9.59 Å². The van der Waals surface area contributed by atoms with Gasteiger partial charge < -0.3 is 13.6 Å². The molecular formula is C21H13ClO6. The summed E-state index contributed by atoms with van der Waals surface area (Å²) in [5.41, 5.74) is 0.00174. The Bertz CT molecular complexity index is 1330. The Morgan fingerprint density at radius 2 is 1.75 bits per heavy atom. The zero-order valence-electron chi connectivity index (χ0n) is 14.6. The van der Waals surface area contributed by atoms with E-state index in [-0.39, 0.29) is 16.9 Å². The van der Waals surface area contributed by atoms with Crippen molar-refractivity contribution in [3.63, 3.8) is 0 Å². The van der Waals surface area contributed by atoms with Crippen molar-refractivity contribution in [1.29, 1.82) is 0 Å². The maximum atomic E-state index is 12.5. The molecule has 0 fully saturated rings. The molecule has 2 aromatic heterocycles. The Hall–Kier alpha value is -3.38. The third-order valence-electron chi connectivity index (χ3n) is 4.19. The van der Waals surface area contributed by atoms with Crippen LogP contribution >= 0.6 is 11.6 Å². The fraction of sp³-hybridized carbons (Fsp3) is 0.0952. The molecule has 2 aromatic carbocycles. The molecule has 0 spiro atoms. The number of ether oxygens (including phenoxy) is 1. The first-order valence-electron chi connectivity index (χ1n) is 8.39. The monoisotopic (exact) mass is 396 g/mol. The van der Waals surface area contributed by atoms with Crippen molar-refractivity contribution in [2.24, 2.45) is 0 Å². The quantitative estimate of drug-likeness (QED) is 0.224. The fourth-order valence-corrected chi connectivity index (χ4v) is 2.92. The van der Waals surface area contributed by atoms with Gasteiger partial charge in [-0.3, -0.25) is 4.79 Å². The van der Waals surface area contributed by atoms with Crippen LogP contribution < -0.4 is 16.0 Å². The molecule has 0 saturated heterocycles. The molecule has 4 aromatic rings. The molecule has 0 aliphatic rings. The van der Waals surface area contributed by atoms with Crippen LogP contribution in [0.2, 0.25) is 0 Å². The van der Waals surface area contributed by atoms with Gasteiger partial charge in [0.2, 0.25) is 0 Å². The van der Waals surface area contributed by atoms with Crippen molar-refractivity contribution in [1.82, 2.24) is 0 Å². The topological polar surface area (TPSA) is 86.7 Å². The summed E-state index contributed by atoms with van der Waals surface area (Å²) >= 11 is 5.70. The van der Waals surface area contributed by atoms with Crippen LogP contribution in [0.4, 0.5) is 0 Å². The number of alkyl halides is 1. The summed E-state index contributed by atoms with van der Waals surface area (Å²) in [5.74, 6) is -0.453. The van der Waals surface area contributed by atoms with Crippen molar-refractivity contribution in [3.8, 4) is 16.9 Å². The molecule has 28 heavy (non-hydrogen) atoms. The summed E-state index contributed by atoms with van der Waals surface area (Å²) in [6.45, 7) is 1.49. The van der Waals surface area contributed by atoms with Gasteiger partial charge in [0.05, 0.1) is 5.56 Å². The number of rotatable bonds is 3. The van der Waals surface area contributed by atoms with Crippen LogP contribution in [-0.4, -0.2) is 11.3 Å². The highest BCUT2D eigenvalue weighted by Gasteiger charge is 2.16. The zero-order chi connectivity index (χ0) is 19.8. The number of esters is 1. The third kappa shape index (κ3) is 3.30. The van der Waals surface area contributed by atoms with Gasteiger partial charge in [0.25, 0.3) is 0 Å². The van der Waals surface area contributed by atoms with Crippen LogP contribution in [0.5, 0.6) is 5.75 Å². The Morgan fingerprint density at radius 1 is 0.964 bits per heavy atom. The van der Waals surface area contributed by atoms with E-state index in [1.165, 1.54) is 25.1 Å². The van der Waals surface area contributed by atoms with Gasteiger partial charge in [-0.2, -0.15) is 0 Å². The molecule has 4 rings (SSSR count). The highest BCUT2D eigenvalue weighted by Crippen LogP contribution is 2.29. The van der Waals surface area contributed by atoms with Crippen molar-refractivity contribution in [3.05, 3.63) is 75.4 Å². The van der Waals surface area contributed by atoms with Gasteiger partial charge in [-0.1, -0.05) is 18.2 Å². The number of halogens is 1. The van der Waals surface area contributed by atoms with Crippen molar-refractivity contribution < 1.29 is 18.4 Å². The Morgan fingerprint density at radius 3 is 2.54 bits per heavy atom. The van der Waals surface area contributed by atoms with Gasteiger partial charge >= 0.3 is 17.2 Å². The Labute approximate surface area is 162 Å². The van der Waals surface area contributed by atoms with Crippen LogP contribution in [0.15, 0.2) is 73.0 Å². The summed E-state index contributed by atoms with van der Waals surface area (Å²) in [7, 11) is 0. The van der Waals surface area contributed by atoms with E-state index in [1.807, 2.05) is 6.07 Å². The summed E-state index contributed by atoms with van der Waals surface area (Å²) in [5, 5.41) is 0.400. The van der Waals surface area contributed by atoms with E-state index >= 15 is 0 Å². The molecule has 0 saturated carbocycles. The summed E-state index contributed by atoms with van der Waals surface area (Å²) < 4.78 is 15.7. The molecule has 0 bridgehead atoms. The van der Waals surface area contributed by atoms with E-state index in [9.17, 15) is 14.4 Å². The maximum absolute atomic E-state index is 12.5. The Kier molecular flexibility index (Phi) is 4.49. The number of carbonyl (C=O) groups excluding carboxylic acids is 1. The van der Waals surface area contributed by atoms with E-state index in [0.29, 0.717) is 16.5 Å². The first-order chi connectivity index (χ1) is 13.4. The van der Waals surface area contributed by atoms with Crippen LogP contribution in [0.25, 0.3) is 33.1 Å². The second kappa shape index (κ2) is 6.98. The summed E-state index contributed by atoms with van der Waals surface area (Å²) in [4.78, 5) is 36.2. The summed E-state index contributed by atoms with van der Waals surface area (Å²) in [6.07, 6.45) is 0. The zero-order valence-corrected chi connectivity index (χ0v) is 15.4. The van der Waals surface area contributed by atoms with Crippen molar-refractivity contribution in [2.45, 2.75) is 12.3 Å². The lowest BCUT2D eigenvalue weighted by Gasteiger charge is -2.08. The minimum Gasteiger partial charge on any atom is -0.425 e. The molecule has 2 heterocycles. The highest BCUT2D eigenvalue weighted by atomic mass is 35.5. The van der Waals surface area contributed by atoms with E-state index in [1.54, 1.807) is 30.3 Å². The molecule has 7 heteroatoms. The molecule has 0 aliphatic heterocycles. The number of carbonyl (C=O) groups is 1. The van der Waals surface area contributed by atoms with Gasteiger partial charge in [0.15, 0.2) is 0 Å². The van der Waals surface area contributed by atoms with E-state index < -0.39 is 22.6 Å². The second-order valence-corrected chi connectivity index (χ2v) is 6.81. The van der Waals surface area contributed by atoms with Gasteiger partial charge in [-0.05, 0) is 31.2 Å². The largest absolute Gasteiger partial charge is 0.425 e. The SMILES string of the molecule is CC(Cl)C(=O)Oc1ccc2c(-c3cc4ccccc4oc3=O)cc(=O)oc2c1. The van der Waals surface area contributed by atoms with Gasteiger partial charge in [0, 0.05) is 28.5 Å². The second-order valence-electron chi connectivity index (χ2n) is 6.16. The summed E-state index contributed by atoms with van der Waals surface area (Å²) in [6, 6.07) is 14.5. The predicted octanol–water partition coefficient (Wildman–Crippen LogP) is 4.10. The lowest BCUT2D eigenvalue weighted by molar-refractivity contribution is -0.133. The molecule has 140 valence electrons. The van der Waals surface area contributed by atoms with E-state index in [0.717, 1.165) is 5.39 Å². The first-order valence-corrected chi connectivity index (χ1v) is 8.83. The van der Waals surface area contributed by atoms with E-state index in [4.69, 9.17) is 25.2 Å². The molecule has 6 nitrogen and oxygen atoms in total. The van der Waals surface area contributed by atoms with Crippen molar-refractivity contribution in [2.75, 3.05) is 0 Å². The highest BCUT2D eigenvalue weighted by molar-refractivity contribution is 6.29. The number of fused-ring (bicyclic) bond motifs is 2. The predicted molar refractivity (Wildman–Crippen MR) is 105 cm³/mol. The van der Waals surface area contributed by atoms with Crippen LogP contribution in [0.3, 0.4) is 0 Å². The number of hydrogen-bond donors (Lipinski definition) is 0. The maximum Gasteiger partial charge on any atom is 0.344 e. The molecular weight excluding hydrogens is 384 g/mol. The molecule has 1 atom stereocenters. The van der Waals surface area contributed by atoms with Crippen LogP contribution in [-0.2, 0) is 4.79 Å². The fourth-order valence-electron chi connectivity index (χ4n) is 2.88. The molecule has 0 amide bonds. The minimum atomic E-state index is -0.823. The number of benzene rings is 2.